The van der Waals surface area contributed by atoms with Gasteiger partial charge in [-0.1, -0.05) is 12.1 Å². The quantitative estimate of drug-likeness (QED) is 0.633. The molecule has 0 spiro atoms. The average Bonchev–Trinajstić information content (AvgIpc) is 3.18. The normalized spacial score (nSPS) is 13.5. The van der Waals surface area contributed by atoms with Crippen LogP contribution >= 0.6 is 0 Å². The number of aromatic amines is 1. The van der Waals surface area contributed by atoms with Crippen molar-refractivity contribution in [2.75, 3.05) is 5.32 Å². The van der Waals surface area contributed by atoms with Gasteiger partial charge in [0, 0.05) is 27.4 Å². The summed E-state index contributed by atoms with van der Waals surface area (Å²) in [6.45, 7) is 5.42. The lowest BCUT2D eigenvalue weighted by molar-refractivity contribution is 0.0636. The van der Waals surface area contributed by atoms with Gasteiger partial charge in [0.2, 0.25) is 0 Å². The Morgan fingerprint density at radius 3 is 2.82 bits per heavy atom. The van der Waals surface area contributed by atoms with E-state index in [1.807, 2.05) is 24.3 Å². The Bertz CT molecular complexity index is 1230. The van der Waals surface area contributed by atoms with Gasteiger partial charge in [0.05, 0.1) is 11.9 Å². The molecule has 7 nitrogen and oxygen atoms in total. The van der Waals surface area contributed by atoms with Crippen LogP contribution in [-0.4, -0.2) is 21.8 Å². The minimum Gasteiger partial charge on any atom is -0.494 e. The van der Waals surface area contributed by atoms with Gasteiger partial charge in [0.25, 0.3) is 0 Å². The second-order valence-corrected chi connectivity index (χ2v) is 7.58. The molecule has 0 bridgehead atoms. The van der Waals surface area contributed by atoms with E-state index in [1.165, 1.54) is 0 Å². The number of aromatic hydroxyl groups is 1. The third-order valence-corrected chi connectivity index (χ3v) is 4.19. The SMILES string of the molecule is CC(C)(C)OC(=O)Nc1ccc2[nH]c(O)c(C=c3ccc4c(c3)N=NC=4)c2c1. The molecule has 0 radical (unpaired) electrons. The highest BCUT2D eigenvalue weighted by Crippen LogP contribution is 2.30. The summed E-state index contributed by atoms with van der Waals surface area (Å²) in [7, 11) is 0. The Kier molecular flexibility index (Phi) is 4.15. The highest BCUT2D eigenvalue weighted by molar-refractivity contribution is 5.96. The van der Waals surface area contributed by atoms with E-state index in [4.69, 9.17) is 4.74 Å². The van der Waals surface area contributed by atoms with Crippen LogP contribution in [0.1, 0.15) is 26.3 Å². The first-order chi connectivity index (χ1) is 13.3. The van der Waals surface area contributed by atoms with Gasteiger partial charge < -0.3 is 14.8 Å². The molecular formula is C21H20N4O3. The number of hydrogen-bond donors (Lipinski definition) is 3. The van der Waals surface area contributed by atoms with Crippen molar-refractivity contribution in [1.82, 2.24) is 4.98 Å². The maximum atomic E-state index is 12.0. The fourth-order valence-corrected chi connectivity index (χ4v) is 3.01. The van der Waals surface area contributed by atoms with Crippen LogP contribution in [0, 0.1) is 0 Å². The zero-order valence-corrected chi connectivity index (χ0v) is 15.8. The molecule has 0 saturated carbocycles. The van der Waals surface area contributed by atoms with Crippen LogP contribution in [0.2, 0.25) is 0 Å². The van der Waals surface area contributed by atoms with Crippen LogP contribution in [0.5, 0.6) is 5.88 Å². The number of nitrogens with zero attached hydrogens (tertiary/aromatic N) is 2. The van der Waals surface area contributed by atoms with Crippen molar-refractivity contribution in [2.45, 2.75) is 26.4 Å². The van der Waals surface area contributed by atoms with E-state index in [9.17, 15) is 9.90 Å². The van der Waals surface area contributed by atoms with Crippen LogP contribution in [0.3, 0.4) is 0 Å². The Morgan fingerprint density at radius 1 is 1.21 bits per heavy atom. The second kappa shape index (κ2) is 6.53. The van der Waals surface area contributed by atoms with E-state index >= 15 is 0 Å². The van der Waals surface area contributed by atoms with Crippen molar-refractivity contribution < 1.29 is 14.6 Å². The van der Waals surface area contributed by atoms with Gasteiger partial charge in [-0.15, -0.1) is 0 Å². The lowest BCUT2D eigenvalue weighted by atomic mass is 10.1. The van der Waals surface area contributed by atoms with Crippen molar-refractivity contribution in [3.63, 3.8) is 0 Å². The molecule has 3 aromatic rings. The first-order valence-corrected chi connectivity index (χ1v) is 8.86. The van der Waals surface area contributed by atoms with Gasteiger partial charge in [-0.25, -0.2) is 4.79 Å². The third kappa shape index (κ3) is 3.59. The van der Waals surface area contributed by atoms with E-state index in [0.717, 1.165) is 27.0 Å². The molecule has 28 heavy (non-hydrogen) atoms. The van der Waals surface area contributed by atoms with E-state index in [2.05, 4.69) is 20.5 Å². The number of aromatic nitrogens is 1. The molecule has 1 aromatic heterocycles. The third-order valence-electron chi connectivity index (χ3n) is 4.19. The molecule has 7 heteroatoms. The molecular weight excluding hydrogens is 356 g/mol. The van der Waals surface area contributed by atoms with Crippen LogP contribution in [0.15, 0.2) is 46.6 Å². The van der Waals surface area contributed by atoms with E-state index in [1.54, 1.807) is 45.2 Å². The number of carbonyl (C=O) groups excluding carboxylic acids is 1. The highest BCUT2D eigenvalue weighted by Gasteiger charge is 2.17. The molecule has 2 heterocycles. The largest absolute Gasteiger partial charge is 0.494 e. The van der Waals surface area contributed by atoms with E-state index < -0.39 is 11.7 Å². The van der Waals surface area contributed by atoms with Crippen LogP contribution in [-0.2, 0) is 4.74 Å². The smallest absolute Gasteiger partial charge is 0.412 e. The van der Waals surface area contributed by atoms with Gasteiger partial charge in [0.1, 0.15) is 5.60 Å². The summed E-state index contributed by atoms with van der Waals surface area (Å²) in [6, 6.07) is 11.1. The fourth-order valence-electron chi connectivity index (χ4n) is 3.01. The summed E-state index contributed by atoms with van der Waals surface area (Å²) in [5.41, 5.74) is 2.17. The molecule has 0 unspecified atom stereocenters. The van der Waals surface area contributed by atoms with Crippen molar-refractivity contribution in [3.8, 4) is 5.88 Å². The highest BCUT2D eigenvalue weighted by atomic mass is 16.6. The van der Waals surface area contributed by atoms with Crippen molar-refractivity contribution >= 4 is 40.6 Å². The van der Waals surface area contributed by atoms with Crippen LogP contribution in [0.25, 0.3) is 23.2 Å². The molecule has 4 rings (SSSR count). The van der Waals surface area contributed by atoms with Crippen LogP contribution in [0.4, 0.5) is 16.2 Å². The van der Waals surface area contributed by atoms with Gasteiger partial charge in [-0.05, 0) is 56.3 Å². The Hall–Kier alpha value is -3.61. The Morgan fingerprint density at radius 2 is 2.04 bits per heavy atom. The zero-order valence-electron chi connectivity index (χ0n) is 15.8. The molecule has 0 fully saturated rings. The lowest BCUT2D eigenvalue weighted by Gasteiger charge is -2.19. The summed E-state index contributed by atoms with van der Waals surface area (Å²) < 4.78 is 5.29. The number of anilines is 1. The average molecular weight is 376 g/mol. The van der Waals surface area contributed by atoms with Crippen molar-refractivity contribution in [3.05, 3.63) is 52.4 Å². The number of hydrogen-bond acceptors (Lipinski definition) is 5. The number of amides is 1. The summed E-state index contributed by atoms with van der Waals surface area (Å²) in [4.78, 5) is 15.0. The summed E-state index contributed by atoms with van der Waals surface area (Å²) in [5.74, 6) is 0.0538. The maximum absolute atomic E-state index is 12.0. The van der Waals surface area contributed by atoms with Gasteiger partial charge in [0.15, 0.2) is 5.88 Å². The molecule has 0 atom stereocenters. The number of fused-ring (bicyclic) bond motifs is 2. The van der Waals surface area contributed by atoms with E-state index in [0.29, 0.717) is 11.3 Å². The minimum absolute atomic E-state index is 0.0538. The minimum atomic E-state index is -0.582. The lowest BCUT2D eigenvalue weighted by Crippen LogP contribution is -2.27. The predicted octanol–water partition coefficient (Wildman–Crippen LogP) is 3.88. The number of carbonyl (C=O) groups is 1. The number of H-pyrrole nitrogens is 1. The molecule has 1 aliphatic heterocycles. The topological polar surface area (TPSA) is 99.1 Å². The standard InChI is InChI=1S/C21H20N4O3/c1-21(2,3)28-20(27)23-14-6-7-17-15(10-14)16(19(26)24-17)8-12-4-5-13-11-22-25-18(13)9-12/h4-11,24,26H,1-3H3,(H,23,27). The first-order valence-electron chi connectivity index (χ1n) is 8.86. The summed E-state index contributed by atoms with van der Waals surface area (Å²) in [6.07, 6.45) is 3.04. The van der Waals surface area contributed by atoms with Gasteiger partial charge in [-0.3, -0.25) is 5.32 Å². The molecule has 0 saturated heterocycles. The molecule has 3 N–H and O–H groups in total. The molecule has 142 valence electrons. The number of rotatable bonds is 2. The fraction of sp³-hybridized carbons (Fsp3) is 0.190. The Labute approximate surface area is 161 Å². The number of nitrogens with one attached hydrogen (secondary N) is 2. The van der Waals surface area contributed by atoms with Crippen LogP contribution < -0.4 is 15.8 Å². The number of azo groups is 1. The van der Waals surface area contributed by atoms with Gasteiger partial charge >= 0.3 is 6.09 Å². The first kappa shape index (κ1) is 17.8. The Balaban J connectivity index is 1.72. The molecule has 0 aliphatic carbocycles. The van der Waals surface area contributed by atoms with Crippen molar-refractivity contribution in [2.24, 2.45) is 10.2 Å². The van der Waals surface area contributed by atoms with Crippen molar-refractivity contribution in [1.29, 1.82) is 0 Å². The maximum Gasteiger partial charge on any atom is 0.412 e. The predicted molar refractivity (Wildman–Crippen MR) is 108 cm³/mol. The molecule has 2 aromatic carbocycles. The number of benzene rings is 2. The van der Waals surface area contributed by atoms with E-state index in [-0.39, 0.29) is 5.88 Å². The summed E-state index contributed by atoms with van der Waals surface area (Å²) >= 11 is 0. The molecule has 1 amide bonds. The monoisotopic (exact) mass is 376 g/mol. The summed E-state index contributed by atoms with van der Waals surface area (Å²) in [5, 5.41) is 23.7. The second-order valence-electron chi connectivity index (χ2n) is 7.58. The zero-order chi connectivity index (χ0) is 19.9. The molecule has 1 aliphatic rings. The number of ether oxygens (including phenoxy) is 1. The van der Waals surface area contributed by atoms with Gasteiger partial charge in [-0.2, -0.15) is 10.2 Å².